The minimum Gasteiger partial charge on any atom is -0.508 e. The molecule has 30 heavy (non-hydrogen) atoms. The Morgan fingerprint density at radius 2 is 1.73 bits per heavy atom. The van der Waals surface area contributed by atoms with Crippen LogP contribution < -0.4 is 4.74 Å². The number of Topliss-reactive ketones (excluding diaryl/α,β-unsaturated/α-hetero) is 1. The number of aliphatic hydroxyl groups excluding tert-OH is 1. The molecule has 7 heteroatoms. The molecule has 7 nitrogen and oxygen atoms in total. The number of carbonyl (C=O) groups excluding carboxylic acids is 1. The van der Waals surface area contributed by atoms with E-state index in [-0.39, 0.29) is 52.7 Å². The number of hydrogen-bond donors (Lipinski definition) is 5. The van der Waals surface area contributed by atoms with Crippen LogP contribution in [0.5, 0.6) is 28.7 Å². The fourth-order valence-corrected chi connectivity index (χ4v) is 3.98. The molecule has 0 saturated heterocycles. The Hall–Kier alpha value is -2.93. The molecule has 0 radical (unpaired) electrons. The van der Waals surface area contributed by atoms with Crippen LogP contribution in [0.1, 0.15) is 56.6 Å². The summed E-state index contributed by atoms with van der Waals surface area (Å²) in [7, 11) is 0. The van der Waals surface area contributed by atoms with Crippen molar-refractivity contribution < 1.29 is 35.1 Å². The third-order valence-electron chi connectivity index (χ3n) is 5.63. The van der Waals surface area contributed by atoms with Crippen LogP contribution in [0.3, 0.4) is 0 Å². The number of aliphatic hydroxyl groups is 1. The van der Waals surface area contributed by atoms with Crippen molar-refractivity contribution in [3.05, 3.63) is 41.5 Å². The highest BCUT2D eigenvalue weighted by atomic mass is 16.5. The lowest BCUT2D eigenvalue weighted by Crippen LogP contribution is -2.54. The normalized spacial score (nSPS) is 20.4. The van der Waals surface area contributed by atoms with Gasteiger partial charge in [-0.1, -0.05) is 38.7 Å². The van der Waals surface area contributed by atoms with Crippen LogP contribution in [-0.2, 0) is 16.8 Å². The van der Waals surface area contributed by atoms with Crippen molar-refractivity contribution in [1.82, 2.24) is 0 Å². The number of carbonyl (C=O) groups is 1. The summed E-state index contributed by atoms with van der Waals surface area (Å²) >= 11 is 0. The van der Waals surface area contributed by atoms with Crippen LogP contribution in [0.15, 0.2) is 30.3 Å². The zero-order valence-electron chi connectivity index (χ0n) is 17.0. The van der Waals surface area contributed by atoms with E-state index < -0.39 is 17.5 Å². The Kier molecular flexibility index (Phi) is 6.41. The van der Waals surface area contributed by atoms with Gasteiger partial charge < -0.3 is 30.3 Å². The lowest BCUT2D eigenvalue weighted by atomic mass is 9.77. The highest BCUT2D eigenvalue weighted by Gasteiger charge is 2.52. The van der Waals surface area contributed by atoms with E-state index in [1.54, 1.807) is 0 Å². The van der Waals surface area contributed by atoms with Gasteiger partial charge in [0.2, 0.25) is 5.60 Å². The Morgan fingerprint density at radius 1 is 1.00 bits per heavy atom. The van der Waals surface area contributed by atoms with Gasteiger partial charge in [0.1, 0.15) is 23.4 Å². The quantitative estimate of drug-likeness (QED) is 0.328. The van der Waals surface area contributed by atoms with E-state index in [2.05, 4.69) is 6.92 Å². The zero-order valence-corrected chi connectivity index (χ0v) is 17.0. The van der Waals surface area contributed by atoms with Crippen LogP contribution in [-0.4, -0.2) is 37.4 Å². The number of rotatable bonds is 8. The van der Waals surface area contributed by atoms with E-state index in [9.17, 15) is 30.3 Å². The third-order valence-corrected chi connectivity index (χ3v) is 5.63. The Balaban J connectivity index is 2.01. The van der Waals surface area contributed by atoms with E-state index in [0.717, 1.165) is 31.7 Å². The summed E-state index contributed by atoms with van der Waals surface area (Å²) in [4.78, 5) is 13.4. The molecule has 1 heterocycles. The minimum atomic E-state index is -1.83. The maximum absolute atomic E-state index is 13.4. The molecule has 0 fully saturated rings. The number of hydrogen-bond acceptors (Lipinski definition) is 7. The van der Waals surface area contributed by atoms with Gasteiger partial charge in [-0.2, -0.15) is 0 Å². The molecule has 2 aromatic rings. The second-order valence-electron chi connectivity index (χ2n) is 7.79. The molecule has 0 aromatic heterocycles. The number of fused-ring (bicyclic) bond motifs is 1. The number of phenolic OH excluding ortho intramolecular Hbond substituents is 4. The first-order valence-electron chi connectivity index (χ1n) is 10.3. The summed E-state index contributed by atoms with van der Waals surface area (Å²) in [5.41, 5.74) is -1.35. The average molecular weight is 416 g/mol. The monoisotopic (exact) mass is 416 g/mol. The largest absolute Gasteiger partial charge is 0.508 e. The van der Waals surface area contributed by atoms with Gasteiger partial charge in [-0.3, -0.25) is 4.79 Å². The molecular weight excluding hydrogens is 388 g/mol. The molecule has 0 spiro atoms. The second kappa shape index (κ2) is 8.83. The average Bonchev–Trinajstić information content (AvgIpc) is 2.70. The van der Waals surface area contributed by atoms with Crippen molar-refractivity contribution in [1.29, 1.82) is 0 Å². The first-order valence-corrected chi connectivity index (χ1v) is 10.3. The van der Waals surface area contributed by atoms with Gasteiger partial charge in [0.25, 0.3) is 0 Å². The number of phenols is 4. The third kappa shape index (κ3) is 4.03. The molecular formula is C23H28O7. The summed E-state index contributed by atoms with van der Waals surface area (Å²) in [6.45, 7) is 2.10. The van der Waals surface area contributed by atoms with Crippen LogP contribution >= 0.6 is 0 Å². The summed E-state index contributed by atoms with van der Waals surface area (Å²) in [5.74, 6) is -1.56. The Labute approximate surface area is 175 Å². The van der Waals surface area contributed by atoms with Gasteiger partial charge in [0.05, 0.1) is 0 Å². The van der Waals surface area contributed by atoms with Crippen LogP contribution in [0.2, 0.25) is 0 Å². The maximum Gasteiger partial charge on any atom is 0.218 e. The van der Waals surface area contributed by atoms with Crippen molar-refractivity contribution in [2.75, 3.05) is 0 Å². The number of ether oxygens (including phenoxy) is 1. The molecule has 0 bridgehead atoms. The zero-order chi connectivity index (χ0) is 21.9. The van der Waals surface area contributed by atoms with E-state index in [1.807, 2.05) is 0 Å². The molecule has 5 N–H and O–H groups in total. The number of ketones is 1. The van der Waals surface area contributed by atoms with Crippen LogP contribution in [0.25, 0.3) is 0 Å². The SMILES string of the molecule is CCCCCCCC(=O)C1(c2ccc(O)c(O)c2)Oc2cc(O)cc(O)c2CC1O. The van der Waals surface area contributed by atoms with Gasteiger partial charge in [-0.15, -0.1) is 0 Å². The van der Waals surface area contributed by atoms with Crippen molar-refractivity contribution in [3.63, 3.8) is 0 Å². The van der Waals surface area contributed by atoms with E-state index in [4.69, 9.17) is 4.74 Å². The van der Waals surface area contributed by atoms with Gasteiger partial charge in [0.15, 0.2) is 17.3 Å². The molecule has 1 aliphatic heterocycles. The lowest BCUT2D eigenvalue weighted by Gasteiger charge is -2.41. The number of aromatic hydroxyl groups is 4. The summed E-state index contributed by atoms with van der Waals surface area (Å²) in [5, 5.41) is 50.7. The van der Waals surface area contributed by atoms with Crippen molar-refractivity contribution in [2.24, 2.45) is 0 Å². The molecule has 2 atom stereocenters. The number of unbranched alkanes of at least 4 members (excludes halogenated alkanes) is 4. The first kappa shape index (κ1) is 21.8. The predicted molar refractivity (Wildman–Crippen MR) is 110 cm³/mol. The van der Waals surface area contributed by atoms with E-state index in [0.29, 0.717) is 6.42 Å². The summed E-state index contributed by atoms with van der Waals surface area (Å²) < 4.78 is 6.00. The highest BCUT2D eigenvalue weighted by Crippen LogP contribution is 2.47. The second-order valence-corrected chi connectivity index (χ2v) is 7.79. The summed E-state index contributed by atoms with van der Waals surface area (Å²) in [6.07, 6.45) is 3.39. The van der Waals surface area contributed by atoms with Crippen molar-refractivity contribution in [2.45, 2.75) is 63.6 Å². The predicted octanol–water partition coefficient (Wildman–Crippen LogP) is 3.63. The standard InChI is InChI=1S/C23H28O7/c1-2-3-4-5-6-7-21(28)23(14-8-9-17(25)19(27)10-14)22(29)13-16-18(26)11-15(24)12-20(16)30-23/h8-12,22,24-27,29H,2-7,13H2,1H3. The maximum atomic E-state index is 13.4. The van der Waals surface area contributed by atoms with E-state index >= 15 is 0 Å². The summed E-state index contributed by atoms with van der Waals surface area (Å²) in [6, 6.07) is 6.27. The van der Waals surface area contributed by atoms with Crippen LogP contribution in [0, 0.1) is 0 Å². The van der Waals surface area contributed by atoms with Crippen molar-refractivity contribution in [3.8, 4) is 28.7 Å². The van der Waals surface area contributed by atoms with Gasteiger partial charge in [-0.05, 0) is 18.6 Å². The van der Waals surface area contributed by atoms with Crippen LogP contribution in [0.4, 0.5) is 0 Å². The molecule has 0 saturated carbocycles. The topological polar surface area (TPSA) is 127 Å². The molecule has 162 valence electrons. The van der Waals surface area contributed by atoms with Gasteiger partial charge in [-0.25, -0.2) is 0 Å². The van der Waals surface area contributed by atoms with Gasteiger partial charge in [0, 0.05) is 36.1 Å². The molecule has 1 aliphatic rings. The fourth-order valence-electron chi connectivity index (χ4n) is 3.98. The highest BCUT2D eigenvalue weighted by molar-refractivity contribution is 5.90. The number of benzene rings is 2. The fraction of sp³-hybridized carbons (Fsp3) is 0.435. The molecule has 3 rings (SSSR count). The molecule has 0 amide bonds. The van der Waals surface area contributed by atoms with E-state index in [1.165, 1.54) is 24.3 Å². The smallest absolute Gasteiger partial charge is 0.218 e. The van der Waals surface area contributed by atoms with Crippen molar-refractivity contribution >= 4 is 5.78 Å². The molecule has 2 aromatic carbocycles. The molecule has 0 aliphatic carbocycles. The molecule has 2 unspecified atom stereocenters. The Bertz CT molecular complexity index is 924. The first-order chi connectivity index (χ1) is 14.3. The van der Waals surface area contributed by atoms with Gasteiger partial charge >= 0.3 is 0 Å². The minimum absolute atomic E-state index is 0.0787. The Morgan fingerprint density at radius 3 is 2.43 bits per heavy atom. The lowest BCUT2D eigenvalue weighted by molar-refractivity contribution is -0.150.